The number of aromatic nitrogens is 2. The summed E-state index contributed by atoms with van der Waals surface area (Å²) >= 11 is 0. The number of amides is 1. The maximum Gasteiger partial charge on any atom is 0.271 e. The van der Waals surface area contributed by atoms with E-state index in [1.54, 1.807) is 37.6 Å². The van der Waals surface area contributed by atoms with Crippen molar-refractivity contribution in [3.8, 4) is 5.69 Å². The summed E-state index contributed by atoms with van der Waals surface area (Å²) < 4.78 is 20.6. The first-order valence-corrected chi connectivity index (χ1v) is 8.42. The van der Waals surface area contributed by atoms with Gasteiger partial charge in [-0.05, 0) is 44.1 Å². The van der Waals surface area contributed by atoms with E-state index >= 15 is 0 Å². The third-order valence-corrected chi connectivity index (χ3v) is 4.66. The van der Waals surface area contributed by atoms with E-state index in [0.717, 1.165) is 25.9 Å². The summed E-state index contributed by atoms with van der Waals surface area (Å²) in [4.78, 5) is 12.4. The largest absolute Gasteiger partial charge is 0.384 e. The highest BCUT2D eigenvalue weighted by Crippen LogP contribution is 2.28. The van der Waals surface area contributed by atoms with Crippen molar-refractivity contribution in [2.45, 2.75) is 12.8 Å². The van der Waals surface area contributed by atoms with Crippen molar-refractivity contribution in [1.82, 2.24) is 20.4 Å². The van der Waals surface area contributed by atoms with E-state index in [0.29, 0.717) is 18.8 Å². The lowest BCUT2D eigenvalue weighted by atomic mass is 9.79. The number of carbonyl (C=O) groups excluding carboxylic acids is 1. The van der Waals surface area contributed by atoms with Crippen molar-refractivity contribution in [1.29, 1.82) is 0 Å². The normalized spacial score (nSPS) is 15.9. The molecule has 0 saturated carbocycles. The molecule has 0 aliphatic carbocycles. The molecule has 2 N–H and O–H groups in total. The standard InChI is InChI=1S/C18H23FN4O2.ClH/c1-25-13-18(7-9-20-10-8-18)12-21-17(24)15-6-11-23(22-15)16-5-3-2-4-14(16)19;/h2-6,11,20H,7-10,12-13H2,1H3,(H,21,24);1H. The van der Waals surface area contributed by atoms with Gasteiger partial charge in [0.1, 0.15) is 11.5 Å². The van der Waals surface area contributed by atoms with Gasteiger partial charge >= 0.3 is 0 Å². The molecular formula is C18H24ClFN4O2. The zero-order chi connectivity index (χ0) is 17.7. The van der Waals surface area contributed by atoms with E-state index in [2.05, 4.69) is 15.7 Å². The molecule has 1 aliphatic heterocycles. The lowest BCUT2D eigenvalue weighted by Gasteiger charge is -2.37. The minimum Gasteiger partial charge on any atom is -0.384 e. The molecule has 1 aliphatic rings. The molecule has 26 heavy (non-hydrogen) atoms. The minimum absolute atomic E-state index is 0. The molecule has 0 unspecified atom stereocenters. The first-order valence-electron chi connectivity index (χ1n) is 8.42. The Labute approximate surface area is 158 Å². The second-order valence-corrected chi connectivity index (χ2v) is 6.46. The highest BCUT2D eigenvalue weighted by Gasteiger charge is 2.32. The average molecular weight is 383 g/mol. The van der Waals surface area contributed by atoms with E-state index in [4.69, 9.17) is 4.74 Å². The predicted molar refractivity (Wildman–Crippen MR) is 99.5 cm³/mol. The van der Waals surface area contributed by atoms with Gasteiger partial charge in [0, 0.05) is 25.3 Å². The van der Waals surface area contributed by atoms with Crippen molar-refractivity contribution in [3.05, 3.63) is 48.0 Å². The summed E-state index contributed by atoms with van der Waals surface area (Å²) in [5.74, 6) is -0.643. The van der Waals surface area contributed by atoms with E-state index in [-0.39, 0.29) is 35.2 Å². The summed E-state index contributed by atoms with van der Waals surface area (Å²) in [6.07, 6.45) is 3.48. The highest BCUT2D eigenvalue weighted by atomic mass is 35.5. The number of methoxy groups -OCH3 is 1. The van der Waals surface area contributed by atoms with Crippen LogP contribution in [0.2, 0.25) is 0 Å². The van der Waals surface area contributed by atoms with Gasteiger partial charge in [-0.3, -0.25) is 4.79 Å². The summed E-state index contributed by atoms with van der Waals surface area (Å²) in [6.45, 7) is 2.98. The number of hydrogen-bond acceptors (Lipinski definition) is 4. The van der Waals surface area contributed by atoms with Gasteiger partial charge in [-0.2, -0.15) is 5.10 Å². The zero-order valence-corrected chi connectivity index (χ0v) is 15.5. The Morgan fingerprint density at radius 1 is 1.35 bits per heavy atom. The Morgan fingerprint density at radius 3 is 2.77 bits per heavy atom. The molecule has 8 heteroatoms. The van der Waals surface area contributed by atoms with Crippen LogP contribution in [-0.2, 0) is 4.74 Å². The van der Waals surface area contributed by atoms with E-state index < -0.39 is 0 Å². The van der Waals surface area contributed by atoms with Crippen molar-refractivity contribution < 1.29 is 13.9 Å². The third kappa shape index (κ3) is 4.60. The Hall–Kier alpha value is -1.96. The fourth-order valence-corrected chi connectivity index (χ4v) is 3.21. The molecule has 1 aromatic carbocycles. The molecule has 1 saturated heterocycles. The summed E-state index contributed by atoms with van der Waals surface area (Å²) in [5.41, 5.74) is 0.532. The van der Waals surface area contributed by atoms with Crippen LogP contribution in [0.3, 0.4) is 0 Å². The quantitative estimate of drug-likeness (QED) is 0.803. The summed E-state index contributed by atoms with van der Waals surface area (Å²) in [7, 11) is 1.68. The molecule has 1 fully saturated rings. The van der Waals surface area contributed by atoms with Crippen LogP contribution in [0, 0.1) is 11.2 Å². The van der Waals surface area contributed by atoms with Gasteiger partial charge in [-0.15, -0.1) is 12.4 Å². The van der Waals surface area contributed by atoms with Crippen LogP contribution in [0.1, 0.15) is 23.3 Å². The Bertz CT molecular complexity index is 726. The lowest BCUT2D eigenvalue weighted by molar-refractivity contribution is 0.0510. The second-order valence-electron chi connectivity index (χ2n) is 6.46. The summed E-state index contributed by atoms with van der Waals surface area (Å²) in [6, 6.07) is 7.91. The molecule has 2 heterocycles. The number of piperidine rings is 1. The number of benzene rings is 1. The average Bonchev–Trinajstić information content (AvgIpc) is 3.11. The van der Waals surface area contributed by atoms with E-state index in [9.17, 15) is 9.18 Å². The van der Waals surface area contributed by atoms with Crippen molar-refractivity contribution in [2.24, 2.45) is 5.41 Å². The third-order valence-electron chi connectivity index (χ3n) is 4.66. The van der Waals surface area contributed by atoms with E-state index in [1.807, 2.05) is 0 Å². The maximum absolute atomic E-state index is 13.8. The Balaban J connectivity index is 0.00000243. The van der Waals surface area contributed by atoms with Gasteiger partial charge in [0.05, 0.1) is 6.61 Å². The van der Waals surface area contributed by atoms with E-state index in [1.165, 1.54) is 10.7 Å². The Morgan fingerprint density at radius 2 is 2.08 bits per heavy atom. The van der Waals surface area contributed by atoms with Crippen LogP contribution in [-0.4, -0.2) is 49.0 Å². The van der Waals surface area contributed by atoms with Crippen LogP contribution in [0.15, 0.2) is 36.5 Å². The molecule has 0 radical (unpaired) electrons. The molecule has 0 bridgehead atoms. The number of carbonyl (C=O) groups is 1. The fraction of sp³-hybridized carbons (Fsp3) is 0.444. The molecule has 1 aromatic heterocycles. The van der Waals surface area contributed by atoms with Crippen LogP contribution >= 0.6 is 12.4 Å². The molecule has 2 aromatic rings. The fourth-order valence-electron chi connectivity index (χ4n) is 3.21. The van der Waals surface area contributed by atoms with Crippen LogP contribution in [0.25, 0.3) is 5.69 Å². The minimum atomic E-state index is -0.383. The van der Waals surface area contributed by atoms with Gasteiger partial charge in [-0.1, -0.05) is 12.1 Å². The van der Waals surface area contributed by atoms with Gasteiger partial charge in [-0.25, -0.2) is 9.07 Å². The molecule has 1 amide bonds. The lowest BCUT2D eigenvalue weighted by Crippen LogP contribution is -2.47. The molecule has 142 valence electrons. The molecule has 3 rings (SSSR count). The number of ether oxygens (including phenoxy) is 1. The molecule has 6 nitrogen and oxygen atoms in total. The molecule has 0 atom stereocenters. The zero-order valence-electron chi connectivity index (χ0n) is 14.7. The second kappa shape index (κ2) is 9.12. The smallest absolute Gasteiger partial charge is 0.271 e. The number of hydrogen-bond donors (Lipinski definition) is 2. The van der Waals surface area contributed by atoms with Gasteiger partial charge in [0.25, 0.3) is 5.91 Å². The monoisotopic (exact) mass is 382 g/mol. The number of para-hydroxylation sites is 1. The highest BCUT2D eigenvalue weighted by molar-refractivity contribution is 5.92. The number of nitrogens with one attached hydrogen (secondary N) is 2. The number of halogens is 2. The first kappa shape index (κ1) is 20.4. The number of rotatable bonds is 6. The number of nitrogens with zero attached hydrogens (tertiary/aromatic N) is 2. The van der Waals surface area contributed by atoms with Crippen molar-refractivity contribution in [3.63, 3.8) is 0 Å². The molecule has 0 spiro atoms. The van der Waals surface area contributed by atoms with Crippen molar-refractivity contribution >= 4 is 18.3 Å². The van der Waals surface area contributed by atoms with Gasteiger partial charge in [0.2, 0.25) is 0 Å². The van der Waals surface area contributed by atoms with Crippen LogP contribution in [0.4, 0.5) is 4.39 Å². The Kier molecular flexibility index (Phi) is 7.14. The first-order chi connectivity index (χ1) is 12.1. The van der Waals surface area contributed by atoms with Crippen LogP contribution in [0.5, 0.6) is 0 Å². The van der Waals surface area contributed by atoms with Gasteiger partial charge < -0.3 is 15.4 Å². The maximum atomic E-state index is 13.8. The molecular weight excluding hydrogens is 359 g/mol. The predicted octanol–water partition coefficient (Wildman–Crippen LogP) is 2.18. The van der Waals surface area contributed by atoms with Crippen LogP contribution < -0.4 is 10.6 Å². The van der Waals surface area contributed by atoms with Gasteiger partial charge in [0.15, 0.2) is 5.69 Å². The topological polar surface area (TPSA) is 68.2 Å². The SMILES string of the molecule is COCC1(CNC(=O)c2ccn(-c3ccccc3F)n2)CCNCC1.Cl. The van der Waals surface area contributed by atoms with Crippen molar-refractivity contribution in [2.75, 3.05) is 33.4 Å². The summed E-state index contributed by atoms with van der Waals surface area (Å²) in [5, 5.41) is 10.5.